The summed E-state index contributed by atoms with van der Waals surface area (Å²) in [5.41, 5.74) is 1.56. The highest BCUT2D eigenvalue weighted by Crippen LogP contribution is 2.44. The van der Waals surface area contributed by atoms with Crippen LogP contribution in [0.4, 0.5) is 0 Å². The van der Waals surface area contributed by atoms with E-state index in [4.69, 9.17) is 0 Å². The summed E-state index contributed by atoms with van der Waals surface area (Å²) in [7, 11) is 4.32. The van der Waals surface area contributed by atoms with Crippen LogP contribution in [0.5, 0.6) is 0 Å². The van der Waals surface area contributed by atoms with Crippen molar-refractivity contribution in [1.29, 1.82) is 0 Å². The molecule has 1 aromatic heterocycles. The summed E-state index contributed by atoms with van der Waals surface area (Å²) >= 11 is 3.97. The average Bonchev–Trinajstić information content (AvgIpc) is 2.94. The molecule has 1 fully saturated rings. The van der Waals surface area contributed by atoms with Crippen LogP contribution in [0.25, 0.3) is 0 Å². The molecule has 3 heterocycles. The predicted molar refractivity (Wildman–Crippen MR) is 98.1 cm³/mol. The summed E-state index contributed by atoms with van der Waals surface area (Å²) < 4.78 is 1.54. The monoisotopic (exact) mass is 339 g/mol. The van der Waals surface area contributed by atoms with E-state index < -0.39 is 0 Å². The molecular formula is C17H29N3S2. The van der Waals surface area contributed by atoms with Crippen molar-refractivity contribution >= 4 is 23.1 Å². The first kappa shape index (κ1) is 16.8. The number of hydrogen-bond donors (Lipinski definition) is 1. The summed E-state index contributed by atoms with van der Waals surface area (Å²) in [5, 5.41) is 6.97. The minimum atomic E-state index is 0.579. The Balaban J connectivity index is 1.49. The molecule has 3 rings (SSSR count). The molecule has 0 amide bonds. The Labute approximate surface area is 143 Å². The zero-order valence-corrected chi connectivity index (χ0v) is 15.7. The van der Waals surface area contributed by atoms with Gasteiger partial charge in [0.25, 0.3) is 0 Å². The van der Waals surface area contributed by atoms with Gasteiger partial charge in [0.1, 0.15) is 0 Å². The lowest BCUT2D eigenvalue weighted by atomic mass is 9.99. The van der Waals surface area contributed by atoms with Gasteiger partial charge in [0.15, 0.2) is 0 Å². The smallest absolute Gasteiger partial charge is 0.0649 e. The van der Waals surface area contributed by atoms with E-state index >= 15 is 0 Å². The Hall–Kier alpha value is -0.0700. The number of fused-ring (bicyclic) bond motifs is 1. The van der Waals surface area contributed by atoms with Gasteiger partial charge < -0.3 is 15.1 Å². The summed E-state index contributed by atoms with van der Waals surface area (Å²) in [5.74, 6) is 0. The van der Waals surface area contributed by atoms with E-state index in [-0.39, 0.29) is 0 Å². The van der Waals surface area contributed by atoms with Crippen LogP contribution in [0.2, 0.25) is 0 Å². The normalized spacial score (nSPS) is 27.3. The third kappa shape index (κ3) is 4.26. The van der Waals surface area contributed by atoms with Gasteiger partial charge in [0, 0.05) is 30.4 Å². The molecule has 1 aromatic rings. The van der Waals surface area contributed by atoms with Gasteiger partial charge in [0.2, 0.25) is 0 Å². The summed E-state index contributed by atoms with van der Waals surface area (Å²) in [4.78, 5) is 4.90. The molecule has 124 valence electrons. The van der Waals surface area contributed by atoms with E-state index in [1.165, 1.54) is 45.4 Å². The number of thioether (sulfide) groups is 1. The summed E-state index contributed by atoms with van der Waals surface area (Å²) in [6, 6.07) is 3.61. The van der Waals surface area contributed by atoms with Crippen LogP contribution in [0.15, 0.2) is 15.7 Å². The van der Waals surface area contributed by atoms with Crippen molar-refractivity contribution in [3.8, 4) is 0 Å². The minimum Gasteiger partial charge on any atom is -0.308 e. The topological polar surface area (TPSA) is 18.5 Å². The molecule has 1 N–H and O–H groups in total. The largest absolute Gasteiger partial charge is 0.308 e. The van der Waals surface area contributed by atoms with Crippen molar-refractivity contribution in [2.75, 3.05) is 40.3 Å². The molecule has 2 atom stereocenters. The van der Waals surface area contributed by atoms with Crippen molar-refractivity contribution in [2.45, 2.75) is 47.7 Å². The number of nitrogens with zero attached hydrogens (tertiary/aromatic N) is 2. The number of thiophene rings is 1. The second kappa shape index (κ2) is 7.67. The first-order chi connectivity index (χ1) is 10.6. The molecular weight excluding hydrogens is 310 g/mol. The Bertz CT molecular complexity index is 466. The Morgan fingerprint density at radius 3 is 2.82 bits per heavy atom. The third-order valence-electron chi connectivity index (χ3n) is 4.80. The highest BCUT2D eigenvalue weighted by molar-refractivity contribution is 8.01. The third-order valence-corrected chi connectivity index (χ3v) is 7.14. The van der Waals surface area contributed by atoms with E-state index in [1.807, 2.05) is 11.3 Å². The van der Waals surface area contributed by atoms with E-state index in [9.17, 15) is 0 Å². The lowest BCUT2D eigenvalue weighted by Crippen LogP contribution is -2.45. The fourth-order valence-electron chi connectivity index (χ4n) is 3.46. The molecule has 0 bridgehead atoms. The zero-order chi connectivity index (χ0) is 15.5. The molecule has 0 unspecified atom stereocenters. The molecule has 3 nitrogen and oxygen atoms in total. The van der Waals surface area contributed by atoms with Gasteiger partial charge in [0.05, 0.1) is 4.21 Å². The van der Waals surface area contributed by atoms with Crippen LogP contribution < -0.4 is 5.32 Å². The number of piperidine rings is 1. The van der Waals surface area contributed by atoms with Crippen LogP contribution in [-0.2, 0) is 0 Å². The number of hydrogen-bond acceptors (Lipinski definition) is 5. The molecule has 0 saturated carbocycles. The second-order valence-corrected chi connectivity index (χ2v) is 9.59. The first-order valence-corrected chi connectivity index (χ1v) is 10.2. The van der Waals surface area contributed by atoms with Crippen molar-refractivity contribution in [2.24, 2.45) is 0 Å². The second-order valence-electron chi connectivity index (χ2n) is 6.97. The van der Waals surface area contributed by atoms with Crippen LogP contribution in [-0.4, -0.2) is 61.4 Å². The SMILES string of the molecule is C[C@H]1C[C@@H](NC2CCN(CCN(C)C)CC2)c2ccsc2S1. The summed E-state index contributed by atoms with van der Waals surface area (Å²) in [6.45, 7) is 7.25. The maximum Gasteiger partial charge on any atom is 0.0649 e. The molecule has 22 heavy (non-hydrogen) atoms. The Kier molecular flexibility index (Phi) is 5.85. The maximum atomic E-state index is 3.97. The highest BCUT2D eigenvalue weighted by Gasteiger charge is 2.29. The van der Waals surface area contributed by atoms with Gasteiger partial charge in [-0.1, -0.05) is 6.92 Å². The number of rotatable bonds is 5. The first-order valence-electron chi connectivity index (χ1n) is 8.49. The standard InChI is InChI=1S/C17H29N3S2/c1-13-12-16(15-6-11-21-17(15)22-13)18-14-4-7-20(8-5-14)10-9-19(2)3/h6,11,13-14,16,18H,4-5,7-10,12H2,1-3H3/t13-,16+/m0/s1. The van der Waals surface area contributed by atoms with Gasteiger partial charge in [-0.25, -0.2) is 0 Å². The molecule has 0 aromatic carbocycles. The minimum absolute atomic E-state index is 0.579. The quantitative estimate of drug-likeness (QED) is 0.887. The molecule has 2 aliphatic rings. The number of nitrogens with one attached hydrogen (secondary N) is 1. The predicted octanol–water partition coefficient (Wildman–Crippen LogP) is 3.29. The zero-order valence-electron chi connectivity index (χ0n) is 14.0. The maximum absolute atomic E-state index is 3.97. The van der Waals surface area contributed by atoms with Crippen LogP contribution in [0.1, 0.15) is 37.8 Å². The van der Waals surface area contributed by atoms with Crippen LogP contribution in [0.3, 0.4) is 0 Å². The highest BCUT2D eigenvalue weighted by atomic mass is 32.2. The van der Waals surface area contributed by atoms with Crippen molar-refractivity contribution in [1.82, 2.24) is 15.1 Å². The lowest BCUT2D eigenvalue weighted by Gasteiger charge is -2.36. The van der Waals surface area contributed by atoms with Crippen molar-refractivity contribution in [3.05, 3.63) is 17.0 Å². The van der Waals surface area contributed by atoms with Gasteiger partial charge >= 0.3 is 0 Å². The molecule has 1 saturated heterocycles. The molecule has 2 aliphatic heterocycles. The van der Waals surface area contributed by atoms with E-state index in [2.05, 4.69) is 59.3 Å². The fourth-order valence-corrected chi connectivity index (χ4v) is 6.02. The van der Waals surface area contributed by atoms with E-state index in [1.54, 1.807) is 9.77 Å². The molecule has 5 heteroatoms. The van der Waals surface area contributed by atoms with Gasteiger partial charge in [-0.2, -0.15) is 0 Å². The van der Waals surface area contributed by atoms with Gasteiger partial charge in [-0.3, -0.25) is 0 Å². The van der Waals surface area contributed by atoms with Gasteiger partial charge in [-0.05, 0) is 63.5 Å². The number of likely N-dealkylation sites (N-methyl/N-ethyl adjacent to an activating group) is 1. The van der Waals surface area contributed by atoms with Crippen molar-refractivity contribution < 1.29 is 0 Å². The molecule has 0 spiro atoms. The van der Waals surface area contributed by atoms with E-state index in [0.717, 1.165) is 5.25 Å². The van der Waals surface area contributed by atoms with Crippen LogP contribution in [0, 0.1) is 0 Å². The Morgan fingerprint density at radius 1 is 1.32 bits per heavy atom. The van der Waals surface area contributed by atoms with Gasteiger partial charge in [-0.15, -0.1) is 23.1 Å². The average molecular weight is 340 g/mol. The Morgan fingerprint density at radius 2 is 2.09 bits per heavy atom. The fraction of sp³-hybridized carbons (Fsp3) is 0.765. The van der Waals surface area contributed by atoms with Crippen molar-refractivity contribution in [3.63, 3.8) is 0 Å². The molecule has 0 aliphatic carbocycles. The number of likely N-dealkylation sites (tertiary alicyclic amines) is 1. The lowest BCUT2D eigenvalue weighted by molar-refractivity contribution is 0.175. The summed E-state index contributed by atoms with van der Waals surface area (Å²) in [6.07, 6.45) is 3.87. The van der Waals surface area contributed by atoms with E-state index in [0.29, 0.717) is 12.1 Å². The molecule has 0 radical (unpaired) electrons. The van der Waals surface area contributed by atoms with Crippen LogP contribution >= 0.6 is 23.1 Å².